The van der Waals surface area contributed by atoms with Gasteiger partial charge in [-0.25, -0.2) is 0 Å². The van der Waals surface area contributed by atoms with Gasteiger partial charge in [0, 0.05) is 11.3 Å². The van der Waals surface area contributed by atoms with E-state index in [0.717, 1.165) is 17.4 Å². The molecule has 0 heterocycles. The SMILES string of the molecule is [N-]=[N+]=N[C@H](c1ccccc1)[C@@H](O)COc1ccc(CC=O)cc1. The van der Waals surface area contributed by atoms with Gasteiger partial charge in [0.25, 0.3) is 0 Å². The highest BCUT2D eigenvalue weighted by molar-refractivity contribution is 5.55. The maximum atomic E-state index is 10.4. The van der Waals surface area contributed by atoms with E-state index in [1.165, 1.54) is 0 Å². The number of hydrogen-bond acceptors (Lipinski definition) is 4. The summed E-state index contributed by atoms with van der Waals surface area (Å²) in [6.07, 6.45) is 0.225. The smallest absolute Gasteiger partial charge is 0.124 e. The Morgan fingerprint density at radius 3 is 2.48 bits per heavy atom. The minimum Gasteiger partial charge on any atom is -0.491 e. The zero-order valence-corrected chi connectivity index (χ0v) is 12.4. The van der Waals surface area contributed by atoms with E-state index in [-0.39, 0.29) is 6.61 Å². The van der Waals surface area contributed by atoms with Crippen LogP contribution in [0.25, 0.3) is 10.4 Å². The first-order valence-electron chi connectivity index (χ1n) is 7.17. The molecule has 6 heteroatoms. The first-order chi connectivity index (χ1) is 11.2. The van der Waals surface area contributed by atoms with Gasteiger partial charge < -0.3 is 14.6 Å². The van der Waals surface area contributed by atoms with E-state index in [2.05, 4.69) is 10.0 Å². The molecule has 0 saturated heterocycles. The van der Waals surface area contributed by atoms with Crippen molar-refractivity contribution < 1.29 is 14.6 Å². The second-order valence-electron chi connectivity index (χ2n) is 4.95. The van der Waals surface area contributed by atoms with Crippen LogP contribution in [0, 0.1) is 0 Å². The Bertz CT molecular complexity index is 667. The quantitative estimate of drug-likeness (QED) is 0.351. The summed E-state index contributed by atoms with van der Waals surface area (Å²) in [5.41, 5.74) is 10.3. The number of aldehydes is 1. The van der Waals surface area contributed by atoms with E-state index in [1.54, 1.807) is 36.4 Å². The van der Waals surface area contributed by atoms with Gasteiger partial charge in [0.15, 0.2) is 0 Å². The Hall–Kier alpha value is -2.82. The van der Waals surface area contributed by atoms with Crippen LogP contribution >= 0.6 is 0 Å². The Morgan fingerprint density at radius 1 is 1.17 bits per heavy atom. The van der Waals surface area contributed by atoms with Gasteiger partial charge in [0.1, 0.15) is 24.7 Å². The summed E-state index contributed by atoms with van der Waals surface area (Å²) in [6, 6.07) is 15.4. The van der Waals surface area contributed by atoms with E-state index in [1.807, 2.05) is 18.2 Å². The van der Waals surface area contributed by atoms with Gasteiger partial charge >= 0.3 is 0 Å². The lowest BCUT2D eigenvalue weighted by molar-refractivity contribution is -0.107. The highest BCUT2D eigenvalue weighted by Crippen LogP contribution is 2.22. The zero-order valence-electron chi connectivity index (χ0n) is 12.4. The van der Waals surface area contributed by atoms with Crippen LogP contribution in [-0.2, 0) is 11.2 Å². The van der Waals surface area contributed by atoms with E-state index in [0.29, 0.717) is 12.2 Å². The van der Waals surface area contributed by atoms with Crippen LogP contribution in [0.3, 0.4) is 0 Å². The minimum atomic E-state index is -0.969. The first kappa shape index (κ1) is 16.5. The fourth-order valence-electron chi connectivity index (χ4n) is 2.16. The molecule has 2 aromatic rings. The number of nitrogens with zero attached hydrogens (tertiary/aromatic N) is 3. The van der Waals surface area contributed by atoms with E-state index < -0.39 is 12.1 Å². The molecule has 0 amide bonds. The highest BCUT2D eigenvalue weighted by atomic mass is 16.5. The van der Waals surface area contributed by atoms with Gasteiger partial charge in [-0.1, -0.05) is 47.6 Å². The maximum absolute atomic E-state index is 10.4. The fraction of sp³-hybridized carbons (Fsp3) is 0.235. The summed E-state index contributed by atoms with van der Waals surface area (Å²) in [5, 5.41) is 13.9. The molecule has 6 nitrogen and oxygen atoms in total. The Morgan fingerprint density at radius 2 is 1.87 bits per heavy atom. The van der Waals surface area contributed by atoms with Crippen LogP contribution in [0.5, 0.6) is 5.75 Å². The van der Waals surface area contributed by atoms with Gasteiger partial charge in [0.05, 0.1) is 6.04 Å². The van der Waals surface area contributed by atoms with Crippen LogP contribution in [-0.4, -0.2) is 24.1 Å². The van der Waals surface area contributed by atoms with Gasteiger partial charge in [-0.05, 0) is 28.8 Å². The lowest BCUT2D eigenvalue weighted by Gasteiger charge is -2.19. The van der Waals surface area contributed by atoms with E-state index in [4.69, 9.17) is 10.3 Å². The fourth-order valence-corrected chi connectivity index (χ4v) is 2.16. The number of hydrogen-bond donors (Lipinski definition) is 1. The summed E-state index contributed by atoms with van der Waals surface area (Å²) in [6.45, 7) is -0.00833. The van der Waals surface area contributed by atoms with E-state index in [9.17, 15) is 9.90 Å². The lowest BCUT2D eigenvalue weighted by Crippen LogP contribution is -2.24. The van der Waals surface area contributed by atoms with Crippen LogP contribution in [0.2, 0.25) is 0 Å². The molecule has 0 bridgehead atoms. The Kier molecular flexibility index (Phi) is 6.17. The number of carbonyl (C=O) groups excluding carboxylic acids is 1. The predicted octanol–water partition coefficient (Wildman–Crippen LogP) is 3.22. The number of ether oxygens (including phenoxy) is 1. The van der Waals surface area contributed by atoms with Crippen molar-refractivity contribution in [2.45, 2.75) is 18.6 Å². The molecule has 0 radical (unpaired) electrons. The zero-order chi connectivity index (χ0) is 16.5. The van der Waals surface area contributed by atoms with Gasteiger partial charge in [0.2, 0.25) is 0 Å². The van der Waals surface area contributed by atoms with Crippen molar-refractivity contribution in [3.63, 3.8) is 0 Å². The monoisotopic (exact) mass is 311 g/mol. The predicted molar refractivity (Wildman–Crippen MR) is 86.0 cm³/mol. The average Bonchev–Trinajstić information content (AvgIpc) is 2.60. The second kappa shape index (κ2) is 8.58. The van der Waals surface area contributed by atoms with Crippen molar-refractivity contribution >= 4 is 6.29 Å². The molecular weight excluding hydrogens is 294 g/mol. The van der Waals surface area contributed by atoms with Crippen molar-refractivity contribution in [3.05, 3.63) is 76.2 Å². The van der Waals surface area contributed by atoms with Crippen molar-refractivity contribution in [2.75, 3.05) is 6.61 Å². The first-order valence-corrected chi connectivity index (χ1v) is 7.17. The average molecular weight is 311 g/mol. The lowest BCUT2D eigenvalue weighted by atomic mass is 10.0. The van der Waals surface area contributed by atoms with Crippen molar-refractivity contribution in [1.82, 2.24) is 0 Å². The Labute approximate surface area is 134 Å². The summed E-state index contributed by atoms with van der Waals surface area (Å²) in [7, 11) is 0. The van der Waals surface area contributed by atoms with Gasteiger partial charge in [-0.2, -0.15) is 0 Å². The molecule has 118 valence electrons. The molecule has 0 spiro atoms. The number of carbonyl (C=O) groups is 1. The molecule has 0 fully saturated rings. The number of azide groups is 1. The standard InChI is InChI=1S/C17H17N3O3/c18-20-19-17(14-4-2-1-3-5-14)16(22)12-23-15-8-6-13(7-9-15)10-11-21/h1-9,11,16-17,22H,10,12H2/t16-,17+/m0/s1. The van der Waals surface area contributed by atoms with Crippen LogP contribution in [0.15, 0.2) is 59.7 Å². The third kappa shape index (κ3) is 4.85. The normalized spacial score (nSPS) is 12.7. The minimum absolute atomic E-state index is 0.00833. The third-order valence-corrected chi connectivity index (χ3v) is 3.34. The summed E-state index contributed by atoms with van der Waals surface area (Å²) < 4.78 is 5.53. The molecule has 2 atom stereocenters. The van der Waals surface area contributed by atoms with Gasteiger partial charge in [-0.15, -0.1) is 0 Å². The van der Waals surface area contributed by atoms with Crippen LogP contribution in [0.4, 0.5) is 0 Å². The highest BCUT2D eigenvalue weighted by Gasteiger charge is 2.20. The maximum Gasteiger partial charge on any atom is 0.124 e. The molecule has 23 heavy (non-hydrogen) atoms. The van der Waals surface area contributed by atoms with Gasteiger partial charge in [-0.3, -0.25) is 0 Å². The van der Waals surface area contributed by atoms with Crippen molar-refractivity contribution in [3.8, 4) is 5.75 Å². The number of rotatable bonds is 8. The molecule has 0 unspecified atom stereocenters. The largest absolute Gasteiger partial charge is 0.491 e. The molecule has 2 aromatic carbocycles. The summed E-state index contributed by atoms with van der Waals surface area (Å²) in [4.78, 5) is 13.2. The van der Waals surface area contributed by atoms with E-state index >= 15 is 0 Å². The molecule has 0 aromatic heterocycles. The summed E-state index contributed by atoms with van der Waals surface area (Å²) in [5.74, 6) is 0.575. The summed E-state index contributed by atoms with van der Waals surface area (Å²) >= 11 is 0. The number of aliphatic hydroxyl groups is 1. The molecule has 1 N–H and O–H groups in total. The third-order valence-electron chi connectivity index (χ3n) is 3.34. The van der Waals surface area contributed by atoms with Crippen molar-refractivity contribution in [2.24, 2.45) is 5.11 Å². The molecule has 0 aliphatic carbocycles. The van der Waals surface area contributed by atoms with Crippen LogP contribution in [0.1, 0.15) is 17.2 Å². The number of aliphatic hydroxyl groups excluding tert-OH is 1. The second-order valence-corrected chi connectivity index (χ2v) is 4.95. The molecule has 0 aliphatic rings. The van der Waals surface area contributed by atoms with Crippen molar-refractivity contribution in [1.29, 1.82) is 0 Å². The number of benzene rings is 2. The molecular formula is C17H17N3O3. The molecule has 0 saturated carbocycles. The van der Waals surface area contributed by atoms with Crippen LogP contribution < -0.4 is 4.74 Å². The molecule has 0 aliphatic heterocycles. The molecule has 2 rings (SSSR count). The Balaban J connectivity index is 2.00. The topological polar surface area (TPSA) is 95.3 Å².